The number of nitrogens with zero attached hydrogens (tertiary/aromatic N) is 7. The lowest BCUT2D eigenvalue weighted by Crippen LogP contribution is -2.10. The zero-order valence-electron chi connectivity index (χ0n) is 80.7. The molecule has 0 aliphatic carbocycles. The van der Waals surface area contributed by atoms with Crippen molar-refractivity contribution < 1.29 is 0 Å². The average molecular weight is 1950 g/mol. The molecule has 0 spiro atoms. The Balaban J connectivity index is 0.000000158. The molecule has 0 atom stereocenters. The summed E-state index contributed by atoms with van der Waals surface area (Å²) in [6.07, 6.45) is 0. The summed E-state index contributed by atoms with van der Waals surface area (Å²) in [5.74, 6) is 0. The van der Waals surface area contributed by atoms with Gasteiger partial charge in [0.1, 0.15) is 0 Å². The maximum atomic E-state index is 2.42. The Morgan fingerprint density at radius 1 is 0.115 bits per heavy atom. The fraction of sp³-hybridized carbons (Fsp3) is 0. The van der Waals surface area contributed by atoms with E-state index in [1.807, 2.05) is 34.0 Å². The van der Waals surface area contributed by atoms with Gasteiger partial charge < -0.3 is 33.3 Å². The molecule has 0 amide bonds. The maximum absolute atomic E-state index is 2.42. The first-order chi connectivity index (χ1) is 73.4. The van der Waals surface area contributed by atoms with E-state index in [4.69, 9.17) is 0 Å². The molecule has 0 radical (unpaired) electrons. The van der Waals surface area contributed by atoms with Gasteiger partial charge in [-0.1, -0.05) is 322 Å². The topological polar surface area (TPSA) is 27.8 Å². The standard InChI is InChI=1S/C80H54N4S2.C58H41N3S/c1-5-17-57(18-6-1)77-49-51-79(85-77)59-33-41-64(42-34-59)81(65-43-35-60(36-44-65)80-52-50-78(86-80)58-19-7-2-8-20-58)63-37-29-55(30-38-63)56-31-39-66(40-32-56)82(67-45-47-75-71(53-67)69-25-13-15-27-73(69)83(75)61-21-9-3-10-22-61)68-46-48-76-72(54-68)70-26-14-16-28-74(70)84(76)62-23-11-4-12-24-62;1-5-15-44(16-6-1)57-39-40-58(62-57)45-29-35-51(36-30-45)60(52-37-38-56-54(41-52)53-23-13-14-24-55(53)61(56)48-21-11-4-12-22-48)50-33-27-43(28-34-50)42-25-31-49(32-26-42)59(46-17-7-2-8-18-46)47-19-9-3-10-20-47/h1-54H;1-41H. The van der Waals surface area contributed by atoms with E-state index in [-0.39, 0.29) is 0 Å². The Morgan fingerprint density at radius 2 is 0.277 bits per heavy atom. The van der Waals surface area contributed by atoms with Gasteiger partial charge in [-0.25, -0.2) is 0 Å². The van der Waals surface area contributed by atoms with Gasteiger partial charge in [0.05, 0.1) is 33.1 Å². The van der Waals surface area contributed by atoms with Gasteiger partial charge in [-0.15, -0.1) is 34.0 Å². The summed E-state index contributed by atoms with van der Waals surface area (Å²) in [6.45, 7) is 0. The Kier molecular flexibility index (Phi) is 23.9. The lowest BCUT2D eigenvalue weighted by molar-refractivity contribution is 1.18. The monoisotopic (exact) mass is 1950 g/mol. The van der Waals surface area contributed by atoms with Crippen molar-refractivity contribution in [3.05, 3.63) is 576 Å². The molecule has 0 fully saturated rings. The van der Waals surface area contributed by atoms with E-state index in [1.165, 1.54) is 134 Å². The van der Waals surface area contributed by atoms with E-state index in [1.54, 1.807) is 0 Å². The minimum Gasteiger partial charge on any atom is -0.311 e. The fourth-order valence-electron chi connectivity index (χ4n) is 21.1. The molecule has 21 aromatic carbocycles. The average Bonchev–Trinajstić information content (AvgIpc) is 1.58. The summed E-state index contributed by atoms with van der Waals surface area (Å²) >= 11 is 5.49. The third-order valence-electron chi connectivity index (χ3n) is 28.2. The molecule has 6 aromatic heterocycles. The molecular weight excluding hydrogens is 1850 g/mol. The van der Waals surface area contributed by atoms with E-state index < -0.39 is 0 Å². The quantitative estimate of drug-likeness (QED) is 0.0638. The molecule has 0 unspecified atom stereocenters. The number of thiophene rings is 3. The Bertz CT molecular complexity index is 9060. The maximum Gasteiger partial charge on any atom is 0.0542 e. The van der Waals surface area contributed by atoms with Crippen LogP contribution in [0.2, 0.25) is 0 Å². The second kappa shape index (κ2) is 39.6. The van der Waals surface area contributed by atoms with Gasteiger partial charge >= 0.3 is 0 Å². The van der Waals surface area contributed by atoms with Gasteiger partial charge in [0, 0.05) is 147 Å². The van der Waals surface area contributed by atoms with Crippen molar-refractivity contribution in [2.45, 2.75) is 0 Å². The zero-order chi connectivity index (χ0) is 98.2. The van der Waals surface area contributed by atoms with Gasteiger partial charge in [0.2, 0.25) is 0 Å². The van der Waals surface area contributed by atoms with Gasteiger partial charge in [-0.2, -0.15) is 0 Å². The van der Waals surface area contributed by atoms with Gasteiger partial charge in [-0.3, -0.25) is 0 Å². The van der Waals surface area contributed by atoms with Gasteiger partial charge in [-0.05, 0) is 310 Å². The number of hydrogen-bond donors (Lipinski definition) is 0. The van der Waals surface area contributed by atoms with Crippen LogP contribution in [0.3, 0.4) is 0 Å². The van der Waals surface area contributed by atoms with E-state index >= 15 is 0 Å². The van der Waals surface area contributed by atoms with Crippen LogP contribution in [0, 0.1) is 0 Å². The largest absolute Gasteiger partial charge is 0.311 e. The van der Waals surface area contributed by atoms with Crippen LogP contribution in [-0.4, -0.2) is 13.7 Å². The Morgan fingerprint density at radius 3 is 0.514 bits per heavy atom. The van der Waals surface area contributed by atoms with Crippen molar-refractivity contribution in [1.82, 2.24) is 13.7 Å². The molecular formula is C138H95N7S3. The summed E-state index contributed by atoms with van der Waals surface area (Å²) < 4.78 is 7.14. The molecule has 0 saturated carbocycles. The number of benzene rings is 21. The number of para-hydroxylation sites is 8. The lowest BCUT2D eigenvalue weighted by Gasteiger charge is -2.27. The molecule has 6 heterocycles. The number of anilines is 12. The highest BCUT2D eigenvalue weighted by Crippen LogP contribution is 2.50. The predicted molar refractivity (Wildman–Crippen MR) is 632 cm³/mol. The minimum atomic E-state index is 1.07. The number of fused-ring (bicyclic) bond motifs is 9. The van der Waals surface area contributed by atoms with E-state index in [2.05, 4.69) is 610 Å². The first-order valence-corrected chi connectivity index (χ1v) is 52.6. The van der Waals surface area contributed by atoms with Crippen LogP contribution in [0.4, 0.5) is 68.2 Å². The zero-order valence-corrected chi connectivity index (χ0v) is 83.2. The molecule has 148 heavy (non-hydrogen) atoms. The summed E-state index contributed by atoms with van der Waals surface area (Å²) in [5.41, 5.74) is 35.6. The molecule has 10 heteroatoms. The van der Waals surface area contributed by atoms with Crippen molar-refractivity contribution in [3.63, 3.8) is 0 Å². The van der Waals surface area contributed by atoms with Crippen LogP contribution in [0.5, 0.6) is 0 Å². The second-order valence-corrected chi connectivity index (χ2v) is 40.4. The molecule has 0 aliphatic heterocycles. The number of hydrogen-bond acceptors (Lipinski definition) is 7. The molecule has 7 nitrogen and oxygen atoms in total. The molecule has 0 aliphatic rings. The lowest BCUT2D eigenvalue weighted by atomic mass is 10.0. The number of rotatable bonds is 23. The van der Waals surface area contributed by atoms with Crippen LogP contribution >= 0.6 is 34.0 Å². The first-order valence-electron chi connectivity index (χ1n) is 50.1. The van der Waals surface area contributed by atoms with E-state index in [9.17, 15) is 0 Å². The van der Waals surface area contributed by atoms with Crippen LogP contribution in [0.25, 0.3) is 167 Å². The highest BCUT2D eigenvalue weighted by molar-refractivity contribution is 7.19. The summed E-state index contributed by atoms with van der Waals surface area (Å²) in [7, 11) is 0. The van der Waals surface area contributed by atoms with E-state index in [0.29, 0.717) is 0 Å². The van der Waals surface area contributed by atoms with Crippen molar-refractivity contribution >= 4 is 168 Å². The van der Waals surface area contributed by atoms with Gasteiger partial charge in [0.15, 0.2) is 0 Å². The fourth-order valence-corrected chi connectivity index (χ4v) is 24.1. The Labute approximate surface area is 872 Å². The summed E-state index contributed by atoms with van der Waals surface area (Å²) in [6, 6.07) is 209. The smallest absolute Gasteiger partial charge is 0.0542 e. The molecule has 0 N–H and O–H groups in total. The van der Waals surface area contributed by atoms with E-state index in [0.717, 1.165) is 102 Å². The molecule has 0 saturated heterocycles. The van der Waals surface area contributed by atoms with Crippen molar-refractivity contribution in [1.29, 1.82) is 0 Å². The van der Waals surface area contributed by atoms with Crippen LogP contribution in [0.1, 0.15) is 0 Å². The minimum absolute atomic E-state index is 1.07. The third-order valence-corrected chi connectivity index (χ3v) is 31.8. The third kappa shape index (κ3) is 17.3. The molecule has 700 valence electrons. The van der Waals surface area contributed by atoms with Crippen LogP contribution < -0.4 is 19.6 Å². The SMILES string of the molecule is c1ccc(-c2ccc(-c3ccc(N(c4ccc(-c5ccc(N(c6ccc7c(c6)c6ccccc6n7-c6ccccc6)c6ccc7c(c6)c6ccccc6n7-c6ccccc6)cc5)cc4)c4ccc(-c5ccc(-c6ccccc6)s5)cc4)cc3)s2)cc1.c1ccc(-c2ccc(-c3ccc(N(c4ccc(-c5ccc(N(c6ccccc6)c6ccccc6)cc5)cc4)c4ccc5c(c4)c4ccccc4n5-c4ccccc4)cc3)s2)cc1. The van der Waals surface area contributed by atoms with Crippen LogP contribution in [0.15, 0.2) is 576 Å². The summed E-state index contributed by atoms with van der Waals surface area (Å²) in [4.78, 5) is 17.0. The highest BCUT2D eigenvalue weighted by atomic mass is 32.1. The molecule has 27 rings (SSSR count). The van der Waals surface area contributed by atoms with Crippen molar-refractivity contribution in [2.75, 3.05) is 19.6 Å². The van der Waals surface area contributed by atoms with Crippen molar-refractivity contribution in [3.8, 4) is 102 Å². The second-order valence-electron chi connectivity index (χ2n) is 37.1. The molecule has 27 aromatic rings. The predicted octanol–water partition coefficient (Wildman–Crippen LogP) is 40.1. The Hall–Kier alpha value is -18.7. The van der Waals surface area contributed by atoms with Gasteiger partial charge in [0.25, 0.3) is 0 Å². The highest BCUT2D eigenvalue weighted by Gasteiger charge is 2.26. The summed E-state index contributed by atoms with van der Waals surface area (Å²) in [5, 5.41) is 7.28. The van der Waals surface area contributed by atoms with Crippen LogP contribution in [-0.2, 0) is 0 Å². The first kappa shape index (κ1) is 89.4. The van der Waals surface area contributed by atoms with Crippen molar-refractivity contribution in [2.24, 2.45) is 0 Å². The molecule has 0 bridgehead atoms. The normalized spacial score (nSPS) is 11.4. The number of aromatic nitrogens is 3.